The van der Waals surface area contributed by atoms with Gasteiger partial charge in [-0.15, -0.1) is 0 Å². The molecule has 29 heavy (non-hydrogen) atoms. The maximum Gasteiger partial charge on any atom is 0.347 e. The molecule has 0 bridgehead atoms. The minimum Gasteiger partial charge on any atom is -0.348 e. The third-order valence-corrected chi connectivity index (χ3v) is 5.13. The molecule has 0 atom stereocenters. The molecular formula is C20H22N6O3. The quantitative estimate of drug-likeness (QED) is 0.664. The Morgan fingerprint density at radius 2 is 1.83 bits per heavy atom. The molecule has 1 saturated heterocycles. The van der Waals surface area contributed by atoms with Gasteiger partial charge in [-0.1, -0.05) is 12.1 Å². The number of nitrogens with zero attached hydrogens (tertiary/aromatic N) is 4. The van der Waals surface area contributed by atoms with Crippen LogP contribution in [0.2, 0.25) is 0 Å². The highest BCUT2D eigenvalue weighted by atomic mass is 16.2. The van der Waals surface area contributed by atoms with Gasteiger partial charge in [-0.2, -0.15) is 5.10 Å². The van der Waals surface area contributed by atoms with Gasteiger partial charge in [0.1, 0.15) is 0 Å². The van der Waals surface area contributed by atoms with E-state index in [9.17, 15) is 14.4 Å². The number of hydrogen-bond donors (Lipinski definition) is 2. The van der Waals surface area contributed by atoms with Crippen LogP contribution in [0.1, 0.15) is 26.3 Å². The number of likely N-dealkylation sites (N-methyl/N-ethyl adjacent to an activating group) is 1. The van der Waals surface area contributed by atoms with Crippen LogP contribution in [0.4, 0.5) is 0 Å². The minimum absolute atomic E-state index is 0.0318. The van der Waals surface area contributed by atoms with Crippen LogP contribution in [-0.4, -0.2) is 69.4 Å². The summed E-state index contributed by atoms with van der Waals surface area (Å²) in [5, 5.41) is 9.05. The summed E-state index contributed by atoms with van der Waals surface area (Å²) >= 11 is 0. The van der Waals surface area contributed by atoms with Gasteiger partial charge in [0.25, 0.3) is 11.8 Å². The zero-order valence-corrected chi connectivity index (χ0v) is 16.1. The van der Waals surface area contributed by atoms with E-state index in [-0.39, 0.29) is 17.5 Å². The van der Waals surface area contributed by atoms with Gasteiger partial charge in [0.2, 0.25) is 0 Å². The number of carbonyl (C=O) groups is 2. The van der Waals surface area contributed by atoms with Crippen LogP contribution >= 0.6 is 0 Å². The molecule has 0 spiro atoms. The first-order chi connectivity index (χ1) is 14.0. The highest BCUT2D eigenvalue weighted by molar-refractivity contribution is 5.99. The van der Waals surface area contributed by atoms with Crippen molar-refractivity contribution in [3.8, 4) is 0 Å². The Morgan fingerprint density at radius 1 is 1.10 bits per heavy atom. The SMILES string of the molecule is CN1CCN(C(=O)c2ccc(CNC(=O)c3cccn4c(=O)[nH]nc34)cc2)CC1. The number of nitrogens with one attached hydrogen (secondary N) is 2. The van der Waals surface area contributed by atoms with Gasteiger partial charge in [0, 0.05) is 44.5 Å². The second kappa shape index (κ2) is 7.88. The fourth-order valence-corrected chi connectivity index (χ4v) is 3.34. The molecule has 0 aliphatic carbocycles. The number of carbonyl (C=O) groups excluding carboxylic acids is 2. The van der Waals surface area contributed by atoms with Crippen molar-refractivity contribution in [2.75, 3.05) is 33.2 Å². The van der Waals surface area contributed by atoms with Crippen molar-refractivity contribution in [1.82, 2.24) is 29.7 Å². The van der Waals surface area contributed by atoms with Crippen LogP contribution in [0, 0.1) is 0 Å². The zero-order chi connectivity index (χ0) is 20.4. The zero-order valence-electron chi connectivity index (χ0n) is 16.1. The number of rotatable bonds is 4. The standard InChI is InChI=1S/C20H22N6O3/c1-24-9-11-25(12-10-24)19(28)15-6-4-14(5-7-15)13-21-18(27)16-3-2-8-26-17(16)22-23-20(26)29/h2-8H,9-13H2,1H3,(H,21,27)(H,23,29). The second-order valence-electron chi connectivity index (χ2n) is 7.12. The smallest absolute Gasteiger partial charge is 0.347 e. The third kappa shape index (κ3) is 3.90. The lowest BCUT2D eigenvalue weighted by molar-refractivity contribution is 0.0664. The van der Waals surface area contributed by atoms with Gasteiger partial charge >= 0.3 is 5.69 Å². The lowest BCUT2D eigenvalue weighted by Crippen LogP contribution is -2.47. The van der Waals surface area contributed by atoms with Crippen molar-refractivity contribution in [2.24, 2.45) is 0 Å². The number of aromatic nitrogens is 3. The van der Waals surface area contributed by atoms with Gasteiger partial charge in [-0.25, -0.2) is 14.3 Å². The fourth-order valence-electron chi connectivity index (χ4n) is 3.34. The van der Waals surface area contributed by atoms with Crippen molar-refractivity contribution < 1.29 is 9.59 Å². The molecule has 1 fully saturated rings. The molecule has 0 unspecified atom stereocenters. The average Bonchev–Trinajstić information content (AvgIpc) is 3.13. The Hall–Kier alpha value is -3.46. The topological polar surface area (TPSA) is 103 Å². The van der Waals surface area contributed by atoms with Gasteiger partial charge in [0.05, 0.1) is 5.56 Å². The summed E-state index contributed by atoms with van der Waals surface area (Å²) in [4.78, 5) is 40.8. The molecule has 9 heteroatoms. The second-order valence-corrected chi connectivity index (χ2v) is 7.12. The largest absolute Gasteiger partial charge is 0.348 e. The van der Waals surface area contributed by atoms with E-state index in [1.807, 2.05) is 17.0 Å². The van der Waals surface area contributed by atoms with Gasteiger partial charge in [-0.05, 0) is 36.9 Å². The molecule has 2 aromatic heterocycles. The maximum absolute atomic E-state index is 12.6. The summed E-state index contributed by atoms with van der Waals surface area (Å²) in [5.74, 6) is -0.295. The van der Waals surface area contributed by atoms with Crippen molar-refractivity contribution in [3.05, 3.63) is 69.8 Å². The number of pyridine rings is 1. The van der Waals surface area contributed by atoms with Gasteiger partial charge in [-0.3, -0.25) is 9.59 Å². The molecule has 2 N–H and O–H groups in total. The summed E-state index contributed by atoms with van der Waals surface area (Å²) in [7, 11) is 2.05. The lowest BCUT2D eigenvalue weighted by atomic mass is 10.1. The van der Waals surface area contributed by atoms with E-state index < -0.39 is 5.69 Å². The van der Waals surface area contributed by atoms with E-state index in [0.717, 1.165) is 31.7 Å². The Labute approximate surface area is 166 Å². The van der Waals surface area contributed by atoms with Crippen LogP contribution in [-0.2, 0) is 6.54 Å². The predicted octanol–water partition coefficient (Wildman–Crippen LogP) is 0.340. The van der Waals surface area contributed by atoms with E-state index in [1.165, 1.54) is 4.40 Å². The summed E-state index contributed by atoms with van der Waals surface area (Å²) in [6.07, 6.45) is 1.55. The highest BCUT2D eigenvalue weighted by Crippen LogP contribution is 2.11. The first-order valence-corrected chi connectivity index (χ1v) is 9.43. The lowest BCUT2D eigenvalue weighted by Gasteiger charge is -2.32. The van der Waals surface area contributed by atoms with Crippen LogP contribution in [0.3, 0.4) is 0 Å². The molecule has 3 aromatic rings. The third-order valence-electron chi connectivity index (χ3n) is 5.13. The van der Waals surface area contributed by atoms with E-state index in [4.69, 9.17) is 0 Å². The molecule has 4 rings (SSSR count). The molecule has 3 heterocycles. The number of piperazine rings is 1. The molecule has 1 aromatic carbocycles. The fraction of sp³-hybridized carbons (Fsp3) is 0.300. The molecule has 150 valence electrons. The molecule has 0 radical (unpaired) electrons. The van der Waals surface area contributed by atoms with Crippen LogP contribution in [0.15, 0.2) is 47.4 Å². The van der Waals surface area contributed by atoms with E-state index >= 15 is 0 Å². The number of fused-ring (bicyclic) bond motifs is 1. The number of hydrogen-bond acceptors (Lipinski definition) is 5. The molecule has 9 nitrogen and oxygen atoms in total. The van der Waals surface area contributed by atoms with Crippen molar-refractivity contribution in [1.29, 1.82) is 0 Å². The van der Waals surface area contributed by atoms with E-state index in [0.29, 0.717) is 17.7 Å². The Balaban J connectivity index is 1.39. The van der Waals surface area contributed by atoms with Crippen LogP contribution in [0.5, 0.6) is 0 Å². The van der Waals surface area contributed by atoms with Gasteiger partial charge < -0.3 is 15.1 Å². The molecule has 2 amide bonds. The number of H-pyrrole nitrogens is 1. The Kier molecular flexibility index (Phi) is 5.13. The summed E-state index contributed by atoms with van der Waals surface area (Å²) in [6.45, 7) is 3.52. The molecular weight excluding hydrogens is 372 g/mol. The number of amides is 2. The van der Waals surface area contributed by atoms with Crippen molar-refractivity contribution >= 4 is 17.5 Å². The minimum atomic E-state index is -0.393. The number of benzene rings is 1. The van der Waals surface area contributed by atoms with Crippen LogP contribution < -0.4 is 11.0 Å². The molecule has 1 aliphatic heterocycles. The maximum atomic E-state index is 12.6. The van der Waals surface area contributed by atoms with Gasteiger partial charge in [0.15, 0.2) is 5.65 Å². The van der Waals surface area contributed by atoms with Crippen molar-refractivity contribution in [3.63, 3.8) is 0 Å². The number of aromatic amines is 1. The summed E-state index contributed by atoms with van der Waals surface area (Å²) in [5.41, 5.74) is 1.72. The Bertz CT molecular complexity index is 1090. The summed E-state index contributed by atoms with van der Waals surface area (Å²) in [6, 6.07) is 10.5. The average molecular weight is 394 g/mol. The van der Waals surface area contributed by atoms with E-state index in [2.05, 4.69) is 27.5 Å². The van der Waals surface area contributed by atoms with Crippen LogP contribution in [0.25, 0.3) is 5.65 Å². The first kappa shape index (κ1) is 18.9. The summed E-state index contributed by atoms with van der Waals surface area (Å²) < 4.78 is 1.29. The predicted molar refractivity (Wildman–Crippen MR) is 107 cm³/mol. The van der Waals surface area contributed by atoms with E-state index in [1.54, 1.807) is 30.5 Å². The monoisotopic (exact) mass is 394 g/mol. The molecule has 0 saturated carbocycles. The molecule has 1 aliphatic rings. The Morgan fingerprint density at radius 3 is 2.55 bits per heavy atom. The highest BCUT2D eigenvalue weighted by Gasteiger charge is 2.20. The normalized spacial score (nSPS) is 14.9. The first-order valence-electron chi connectivity index (χ1n) is 9.43. The van der Waals surface area contributed by atoms with Crippen molar-refractivity contribution in [2.45, 2.75) is 6.54 Å².